The van der Waals surface area contributed by atoms with E-state index in [2.05, 4.69) is 5.32 Å². The molecule has 5 heteroatoms. The molecule has 17 heavy (non-hydrogen) atoms. The van der Waals surface area contributed by atoms with Crippen LogP contribution in [0.3, 0.4) is 0 Å². The number of hydrogen-bond acceptors (Lipinski definition) is 2. The molecule has 0 heterocycles. The zero-order valence-electron chi connectivity index (χ0n) is 9.28. The van der Waals surface area contributed by atoms with Crippen LogP contribution in [0.25, 0.3) is 0 Å². The largest absolute Gasteiger partial charge is 0.481 e. The number of benzene rings is 1. The van der Waals surface area contributed by atoms with Gasteiger partial charge in [0.15, 0.2) is 0 Å². The normalized spacial score (nSPS) is 9.94. The fraction of sp³-hybridized carbons (Fsp3) is 0.333. The van der Waals surface area contributed by atoms with Crippen LogP contribution in [0.15, 0.2) is 24.3 Å². The molecule has 0 aromatic heterocycles. The standard InChI is InChI=1S/C12H14FNO3/c13-10-3-1-2-9(8-10)6-7-14-11(15)4-5-12(16)17/h1-3,8H,4-7H2,(H,14,15)(H,16,17). The molecule has 0 unspecified atom stereocenters. The van der Waals surface area contributed by atoms with E-state index in [1.165, 1.54) is 12.1 Å². The van der Waals surface area contributed by atoms with Gasteiger partial charge in [0, 0.05) is 13.0 Å². The third-order valence-electron chi connectivity index (χ3n) is 2.19. The first-order valence-electron chi connectivity index (χ1n) is 5.31. The maximum atomic E-state index is 12.8. The summed E-state index contributed by atoms with van der Waals surface area (Å²) in [6.45, 7) is 0.377. The molecule has 0 spiro atoms. The summed E-state index contributed by atoms with van der Waals surface area (Å²) in [7, 11) is 0. The Balaban J connectivity index is 2.23. The Hall–Kier alpha value is -1.91. The summed E-state index contributed by atoms with van der Waals surface area (Å²) in [6.07, 6.45) is 0.320. The lowest BCUT2D eigenvalue weighted by Crippen LogP contribution is -2.26. The van der Waals surface area contributed by atoms with Crippen LogP contribution in [-0.2, 0) is 16.0 Å². The van der Waals surface area contributed by atoms with Crippen molar-refractivity contribution in [1.82, 2.24) is 5.32 Å². The molecule has 0 bridgehead atoms. The van der Waals surface area contributed by atoms with E-state index in [-0.39, 0.29) is 24.6 Å². The van der Waals surface area contributed by atoms with Crippen molar-refractivity contribution in [3.05, 3.63) is 35.6 Å². The second kappa shape index (κ2) is 6.62. The average Bonchev–Trinajstić information content (AvgIpc) is 2.26. The highest BCUT2D eigenvalue weighted by atomic mass is 19.1. The van der Waals surface area contributed by atoms with E-state index in [9.17, 15) is 14.0 Å². The van der Waals surface area contributed by atoms with E-state index in [0.29, 0.717) is 13.0 Å². The summed E-state index contributed by atoms with van der Waals surface area (Å²) in [5.74, 6) is -1.60. The van der Waals surface area contributed by atoms with E-state index in [4.69, 9.17) is 5.11 Å². The van der Waals surface area contributed by atoms with Gasteiger partial charge in [-0.15, -0.1) is 0 Å². The van der Waals surface area contributed by atoms with E-state index >= 15 is 0 Å². The van der Waals surface area contributed by atoms with Gasteiger partial charge in [-0.2, -0.15) is 0 Å². The summed E-state index contributed by atoms with van der Waals surface area (Å²) in [5, 5.41) is 11.0. The summed E-state index contributed by atoms with van der Waals surface area (Å²) in [6, 6.07) is 6.14. The number of carboxylic acid groups (broad SMARTS) is 1. The van der Waals surface area contributed by atoms with Gasteiger partial charge >= 0.3 is 5.97 Å². The van der Waals surface area contributed by atoms with E-state index in [1.807, 2.05) is 0 Å². The van der Waals surface area contributed by atoms with Crippen LogP contribution in [0.1, 0.15) is 18.4 Å². The number of rotatable bonds is 6. The predicted octanol–water partition coefficient (Wildman–Crippen LogP) is 1.35. The van der Waals surface area contributed by atoms with Gasteiger partial charge in [0.1, 0.15) is 5.82 Å². The Morgan fingerprint density at radius 3 is 2.71 bits per heavy atom. The summed E-state index contributed by atoms with van der Waals surface area (Å²) < 4.78 is 12.8. The number of carbonyl (C=O) groups is 2. The lowest BCUT2D eigenvalue weighted by atomic mass is 10.1. The van der Waals surface area contributed by atoms with Crippen LogP contribution in [0.5, 0.6) is 0 Å². The zero-order valence-corrected chi connectivity index (χ0v) is 9.28. The van der Waals surface area contributed by atoms with Crippen molar-refractivity contribution in [2.24, 2.45) is 0 Å². The molecule has 0 aliphatic heterocycles. The Labute approximate surface area is 98.5 Å². The van der Waals surface area contributed by atoms with Gasteiger partial charge in [-0.05, 0) is 24.1 Å². The highest BCUT2D eigenvalue weighted by Gasteiger charge is 2.04. The SMILES string of the molecule is O=C(O)CCC(=O)NCCc1cccc(F)c1. The fourth-order valence-electron chi connectivity index (χ4n) is 1.35. The molecule has 92 valence electrons. The molecule has 0 atom stereocenters. The minimum atomic E-state index is -0.995. The molecule has 1 rings (SSSR count). The molecule has 0 fully saturated rings. The molecule has 1 aromatic rings. The number of nitrogens with one attached hydrogen (secondary N) is 1. The molecule has 0 saturated carbocycles. The number of aliphatic carboxylic acids is 1. The van der Waals surface area contributed by atoms with Gasteiger partial charge in [-0.25, -0.2) is 4.39 Å². The van der Waals surface area contributed by atoms with Crippen molar-refractivity contribution in [3.63, 3.8) is 0 Å². The molecule has 1 aromatic carbocycles. The van der Waals surface area contributed by atoms with Crippen molar-refractivity contribution in [2.45, 2.75) is 19.3 Å². The first-order chi connectivity index (χ1) is 8.08. The van der Waals surface area contributed by atoms with Crippen LogP contribution in [0.2, 0.25) is 0 Å². The first-order valence-corrected chi connectivity index (χ1v) is 5.31. The summed E-state index contributed by atoms with van der Waals surface area (Å²) in [5.41, 5.74) is 0.795. The quantitative estimate of drug-likeness (QED) is 0.787. The first kappa shape index (κ1) is 13.2. The smallest absolute Gasteiger partial charge is 0.303 e. The van der Waals surface area contributed by atoms with Crippen LogP contribution in [-0.4, -0.2) is 23.5 Å². The van der Waals surface area contributed by atoms with Crippen LogP contribution < -0.4 is 5.32 Å². The molecule has 2 N–H and O–H groups in total. The molecule has 0 aliphatic carbocycles. The number of halogens is 1. The van der Waals surface area contributed by atoms with Crippen molar-refractivity contribution in [3.8, 4) is 0 Å². The molecule has 4 nitrogen and oxygen atoms in total. The topological polar surface area (TPSA) is 66.4 Å². The van der Waals surface area contributed by atoms with Gasteiger partial charge in [0.05, 0.1) is 6.42 Å². The second-order valence-electron chi connectivity index (χ2n) is 3.62. The highest BCUT2D eigenvalue weighted by molar-refractivity contribution is 5.80. The van der Waals surface area contributed by atoms with Crippen molar-refractivity contribution < 1.29 is 19.1 Å². The van der Waals surface area contributed by atoms with E-state index < -0.39 is 5.97 Å². The average molecular weight is 239 g/mol. The van der Waals surface area contributed by atoms with E-state index in [1.54, 1.807) is 12.1 Å². The molecule has 0 aliphatic rings. The monoisotopic (exact) mass is 239 g/mol. The lowest BCUT2D eigenvalue weighted by Gasteiger charge is -2.04. The molecular weight excluding hydrogens is 225 g/mol. The maximum Gasteiger partial charge on any atom is 0.303 e. The Bertz CT molecular complexity index is 406. The minimum Gasteiger partial charge on any atom is -0.481 e. The molecule has 0 radical (unpaired) electrons. The van der Waals surface area contributed by atoms with Crippen molar-refractivity contribution >= 4 is 11.9 Å². The van der Waals surface area contributed by atoms with Crippen molar-refractivity contribution in [2.75, 3.05) is 6.54 Å². The van der Waals surface area contributed by atoms with Crippen LogP contribution in [0.4, 0.5) is 4.39 Å². The van der Waals surface area contributed by atoms with Crippen molar-refractivity contribution in [1.29, 1.82) is 0 Å². The molecule has 1 amide bonds. The van der Waals surface area contributed by atoms with E-state index in [0.717, 1.165) is 5.56 Å². The number of carboxylic acids is 1. The minimum absolute atomic E-state index is 0.0293. The van der Waals surface area contributed by atoms with Gasteiger partial charge in [-0.1, -0.05) is 12.1 Å². The maximum absolute atomic E-state index is 12.8. The van der Waals surface area contributed by atoms with Gasteiger partial charge < -0.3 is 10.4 Å². The third-order valence-corrected chi connectivity index (χ3v) is 2.19. The van der Waals surface area contributed by atoms with Gasteiger partial charge in [-0.3, -0.25) is 9.59 Å². The second-order valence-corrected chi connectivity index (χ2v) is 3.62. The lowest BCUT2D eigenvalue weighted by molar-refractivity contribution is -0.138. The fourth-order valence-corrected chi connectivity index (χ4v) is 1.35. The Kier molecular flexibility index (Phi) is 5.13. The van der Waals surface area contributed by atoms with Gasteiger partial charge in [0.25, 0.3) is 0 Å². The molecule has 0 saturated heterocycles. The number of hydrogen-bond donors (Lipinski definition) is 2. The van der Waals surface area contributed by atoms with Gasteiger partial charge in [0.2, 0.25) is 5.91 Å². The molecular formula is C12H14FNO3. The third kappa shape index (κ3) is 5.65. The van der Waals surface area contributed by atoms with Crippen LogP contribution >= 0.6 is 0 Å². The number of carbonyl (C=O) groups excluding carboxylic acids is 1. The zero-order chi connectivity index (χ0) is 12.7. The Morgan fingerprint density at radius 2 is 2.06 bits per heavy atom. The number of amides is 1. The summed E-state index contributed by atoms with van der Waals surface area (Å²) in [4.78, 5) is 21.4. The Morgan fingerprint density at radius 1 is 1.29 bits per heavy atom. The highest BCUT2D eigenvalue weighted by Crippen LogP contribution is 2.03. The predicted molar refractivity (Wildman–Crippen MR) is 60.0 cm³/mol. The van der Waals surface area contributed by atoms with Crippen LogP contribution in [0, 0.1) is 5.82 Å². The summed E-state index contributed by atoms with van der Waals surface area (Å²) >= 11 is 0.